The zero-order valence-corrected chi connectivity index (χ0v) is 20.9. The van der Waals surface area contributed by atoms with Gasteiger partial charge in [0.1, 0.15) is 5.82 Å². The van der Waals surface area contributed by atoms with Gasteiger partial charge < -0.3 is 14.2 Å². The number of ether oxygens (including phenoxy) is 3. The van der Waals surface area contributed by atoms with Crippen molar-refractivity contribution >= 4 is 54.9 Å². The number of carbonyl (C=O) groups excluding carboxylic acids is 1. The second-order valence-corrected chi connectivity index (χ2v) is 8.30. The predicted molar refractivity (Wildman–Crippen MR) is 129 cm³/mol. The molecule has 0 atom stereocenters. The summed E-state index contributed by atoms with van der Waals surface area (Å²) in [5.74, 6) is 0.805. The van der Waals surface area contributed by atoms with E-state index in [1.165, 1.54) is 10.9 Å². The molecule has 0 aliphatic carbocycles. The molecule has 0 spiro atoms. The highest BCUT2D eigenvalue weighted by Crippen LogP contribution is 2.33. The summed E-state index contributed by atoms with van der Waals surface area (Å²) >= 11 is 6.86. The second-order valence-electron chi connectivity index (χ2n) is 6.53. The molecule has 10 heteroatoms. The third-order valence-electron chi connectivity index (χ3n) is 4.30. The van der Waals surface area contributed by atoms with E-state index in [9.17, 15) is 9.59 Å². The van der Waals surface area contributed by atoms with Gasteiger partial charge in [-0.05, 0) is 67.0 Å². The number of aromatic nitrogens is 2. The van der Waals surface area contributed by atoms with Crippen LogP contribution in [-0.4, -0.2) is 41.7 Å². The van der Waals surface area contributed by atoms with Crippen molar-refractivity contribution in [2.75, 3.05) is 19.8 Å². The number of fused-ring (bicyclic) bond motifs is 1. The zero-order chi connectivity index (χ0) is 23.3. The summed E-state index contributed by atoms with van der Waals surface area (Å²) in [6.07, 6.45) is 1.53. The lowest BCUT2D eigenvalue weighted by Crippen LogP contribution is -2.20. The standard InChI is InChI=1S/C22H21Br2N3O5/c1-4-30-19-8-14(17(24)10-20(19)32-12-21(28)31-5-2)11-25-27-13(3)26-18-7-6-15(23)9-16(18)22(27)29/h6-11H,4-5,12H2,1-3H3. The molecule has 2 aromatic carbocycles. The fourth-order valence-electron chi connectivity index (χ4n) is 2.89. The van der Waals surface area contributed by atoms with Crippen molar-refractivity contribution in [3.05, 3.63) is 61.0 Å². The van der Waals surface area contributed by atoms with Crippen LogP contribution in [0.1, 0.15) is 25.2 Å². The summed E-state index contributed by atoms with van der Waals surface area (Å²) in [4.78, 5) is 29.0. The number of aryl methyl sites for hydroxylation is 1. The van der Waals surface area contributed by atoms with E-state index in [1.807, 2.05) is 13.0 Å². The van der Waals surface area contributed by atoms with Gasteiger partial charge in [-0.1, -0.05) is 15.9 Å². The SMILES string of the molecule is CCOC(=O)COc1cc(Br)c(C=Nn2c(C)nc3ccc(Br)cc3c2=O)cc1OCC. The Bertz CT molecular complexity index is 1240. The average molecular weight is 567 g/mol. The summed E-state index contributed by atoms with van der Waals surface area (Å²) in [7, 11) is 0. The Balaban J connectivity index is 1.95. The molecule has 0 saturated carbocycles. The van der Waals surface area contributed by atoms with Gasteiger partial charge in [0.05, 0.1) is 30.3 Å². The lowest BCUT2D eigenvalue weighted by molar-refractivity contribution is -0.145. The molecule has 0 aliphatic heterocycles. The summed E-state index contributed by atoms with van der Waals surface area (Å²) in [6, 6.07) is 8.72. The molecule has 0 aliphatic rings. The maximum Gasteiger partial charge on any atom is 0.344 e. The summed E-state index contributed by atoms with van der Waals surface area (Å²) in [5, 5.41) is 4.80. The van der Waals surface area contributed by atoms with E-state index in [1.54, 1.807) is 38.1 Å². The Morgan fingerprint density at radius 2 is 1.88 bits per heavy atom. The number of carbonyl (C=O) groups is 1. The van der Waals surface area contributed by atoms with E-state index in [-0.39, 0.29) is 18.8 Å². The monoisotopic (exact) mass is 565 g/mol. The molecule has 3 aromatic rings. The van der Waals surface area contributed by atoms with Crippen molar-refractivity contribution in [3.63, 3.8) is 0 Å². The van der Waals surface area contributed by atoms with Crippen LogP contribution in [0.15, 0.2) is 49.2 Å². The lowest BCUT2D eigenvalue weighted by atomic mass is 10.2. The molecular weight excluding hydrogens is 546 g/mol. The lowest BCUT2D eigenvalue weighted by Gasteiger charge is -2.13. The van der Waals surface area contributed by atoms with E-state index < -0.39 is 5.97 Å². The maximum atomic E-state index is 12.9. The Labute approximate surface area is 201 Å². The Kier molecular flexibility index (Phi) is 8.03. The molecule has 8 nitrogen and oxygen atoms in total. The number of benzene rings is 2. The molecule has 168 valence electrons. The van der Waals surface area contributed by atoms with Crippen LogP contribution < -0.4 is 15.0 Å². The molecular formula is C22H21Br2N3O5. The molecule has 0 fully saturated rings. The molecule has 0 bridgehead atoms. The van der Waals surface area contributed by atoms with Gasteiger partial charge in [-0.2, -0.15) is 9.78 Å². The normalized spacial score (nSPS) is 11.2. The molecule has 32 heavy (non-hydrogen) atoms. The van der Waals surface area contributed by atoms with Crippen LogP contribution in [0, 0.1) is 6.92 Å². The van der Waals surface area contributed by atoms with Crippen molar-refractivity contribution in [1.82, 2.24) is 9.66 Å². The summed E-state index contributed by atoms with van der Waals surface area (Å²) in [6.45, 7) is 5.72. The first-order valence-electron chi connectivity index (χ1n) is 9.82. The maximum absolute atomic E-state index is 12.9. The van der Waals surface area contributed by atoms with Crippen molar-refractivity contribution in [2.24, 2.45) is 5.10 Å². The molecule has 0 radical (unpaired) electrons. The van der Waals surface area contributed by atoms with E-state index in [2.05, 4.69) is 41.9 Å². The van der Waals surface area contributed by atoms with Crippen LogP contribution in [0.4, 0.5) is 0 Å². The summed E-state index contributed by atoms with van der Waals surface area (Å²) < 4.78 is 18.8. The van der Waals surface area contributed by atoms with Crippen LogP contribution in [0.2, 0.25) is 0 Å². The molecule has 1 aromatic heterocycles. The van der Waals surface area contributed by atoms with Crippen molar-refractivity contribution in [2.45, 2.75) is 20.8 Å². The Hall–Kier alpha value is -2.72. The first kappa shape index (κ1) is 23.9. The number of hydrogen-bond donors (Lipinski definition) is 0. The second kappa shape index (κ2) is 10.7. The van der Waals surface area contributed by atoms with Gasteiger partial charge in [0.15, 0.2) is 18.1 Å². The molecule has 0 unspecified atom stereocenters. The van der Waals surface area contributed by atoms with E-state index >= 15 is 0 Å². The van der Waals surface area contributed by atoms with Crippen LogP contribution >= 0.6 is 31.9 Å². The van der Waals surface area contributed by atoms with Gasteiger partial charge in [-0.3, -0.25) is 4.79 Å². The average Bonchev–Trinajstić information content (AvgIpc) is 2.75. The Morgan fingerprint density at radius 3 is 2.59 bits per heavy atom. The smallest absolute Gasteiger partial charge is 0.344 e. The first-order valence-corrected chi connectivity index (χ1v) is 11.4. The third-order valence-corrected chi connectivity index (χ3v) is 5.48. The number of esters is 1. The Morgan fingerprint density at radius 1 is 1.12 bits per heavy atom. The minimum Gasteiger partial charge on any atom is -0.490 e. The highest BCUT2D eigenvalue weighted by Gasteiger charge is 2.13. The van der Waals surface area contributed by atoms with Gasteiger partial charge in [0.2, 0.25) is 0 Å². The third kappa shape index (κ3) is 5.55. The minimum absolute atomic E-state index is 0.235. The summed E-state index contributed by atoms with van der Waals surface area (Å²) in [5.41, 5.74) is 0.975. The topological polar surface area (TPSA) is 92.0 Å². The van der Waals surface area contributed by atoms with Crippen molar-refractivity contribution in [3.8, 4) is 11.5 Å². The van der Waals surface area contributed by atoms with Gasteiger partial charge in [0, 0.05) is 14.5 Å². The van der Waals surface area contributed by atoms with E-state index in [0.29, 0.717) is 44.9 Å². The predicted octanol–water partition coefficient (Wildman–Crippen LogP) is 4.45. The van der Waals surface area contributed by atoms with Gasteiger partial charge in [-0.15, -0.1) is 0 Å². The highest BCUT2D eigenvalue weighted by atomic mass is 79.9. The number of rotatable bonds is 8. The molecule has 0 saturated heterocycles. The van der Waals surface area contributed by atoms with Crippen LogP contribution in [0.25, 0.3) is 10.9 Å². The van der Waals surface area contributed by atoms with Gasteiger partial charge >= 0.3 is 5.97 Å². The number of hydrogen-bond acceptors (Lipinski definition) is 7. The molecule has 0 amide bonds. The van der Waals surface area contributed by atoms with Crippen molar-refractivity contribution < 1.29 is 19.0 Å². The van der Waals surface area contributed by atoms with Crippen LogP contribution in [-0.2, 0) is 9.53 Å². The molecule has 1 heterocycles. The van der Waals surface area contributed by atoms with Gasteiger partial charge in [-0.25, -0.2) is 9.78 Å². The van der Waals surface area contributed by atoms with E-state index in [0.717, 1.165) is 4.47 Å². The quantitative estimate of drug-likeness (QED) is 0.295. The molecule has 0 N–H and O–H groups in total. The number of nitrogens with zero attached hydrogens (tertiary/aromatic N) is 3. The number of halogens is 2. The van der Waals surface area contributed by atoms with Crippen LogP contribution in [0.5, 0.6) is 11.5 Å². The highest BCUT2D eigenvalue weighted by molar-refractivity contribution is 9.10. The fraction of sp³-hybridized carbons (Fsp3) is 0.273. The van der Waals surface area contributed by atoms with Crippen molar-refractivity contribution in [1.29, 1.82) is 0 Å². The van der Waals surface area contributed by atoms with Gasteiger partial charge in [0.25, 0.3) is 5.56 Å². The first-order chi connectivity index (χ1) is 15.3. The fourth-order valence-corrected chi connectivity index (χ4v) is 3.67. The minimum atomic E-state index is -0.470. The largest absolute Gasteiger partial charge is 0.490 e. The van der Waals surface area contributed by atoms with Crippen LogP contribution in [0.3, 0.4) is 0 Å². The zero-order valence-electron chi connectivity index (χ0n) is 17.7. The van der Waals surface area contributed by atoms with E-state index in [4.69, 9.17) is 14.2 Å². The molecule has 3 rings (SSSR count).